The van der Waals surface area contributed by atoms with Gasteiger partial charge in [0.25, 0.3) is 5.91 Å². The maximum atomic E-state index is 13.3. The van der Waals surface area contributed by atoms with Gasteiger partial charge in [-0.2, -0.15) is 0 Å². The summed E-state index contributed by atoms with van der Waals surface area (Å²) in [5.74, 6) is -0.430. The number of benzene rings is 3. The van der Waals surface area contributed by atoms with Crippen molar-refractivity contribution in [1.29, 1.82) is 0 Å². The van der Waals surface area contributed by atoms with Gasteiger partial charge in [-0.1, -0.05) is 78.9 Å². The Morgan fingerprint density at radius 2 is 1.55 bits per heavy atom. The first kappa shape index (κ1) is 22.2. The van der Waals surface area contributed by atoms with Crippen LogP contribution in [0.4, 0.5) is 0 Å². The highest BCUT2D eigenvalue weighted by atomic mass is 16.2. The van der Waals surface area contributed by atoms with E-state index in [1.165, 1.54) is 4.90 Å². The fourth-order valence-corrected chi connectivity index (χ4v) is 3.92. The van der Waals surface area contributed by atoms with Gasteiger partial charge in [0, 0.05) is 31.6 Å². The van der Waals surface area contributed by atoms with Gasteiger partial charge in [0.1, 0.15) is 6.04 Å². The van der Waals surface area contributed by atoms with E-state index in [4.69, 9.17) is 0 Å². The lowest BCUT2D eigenvalue weighted by molar-refractivity contribution is -0.130. The molecule has 166 valence electrons. The summed E-state index contributed by atoms with van der Waals surface area (Å²) in [5, 5.41) is 2.96. The Hall–Kier alpha value is -3.99. The minimum atomic E-state index is -0.663. The van der Waals surface area contributed by atoms with Crippen LogP contribution in [0, 0.1) is 0 Å². The molecule has 3 aromatic rings. The van der Waals surface area contributed by atoms with Crippen LogP contribution in [0.25, 0.3) is 5.57 Å². The van der Waals surface area contributed by atoms with Crippen LogP contribution in [0.3, 0.4) is 0 Å². The molecule has 5 nitrogen and oxygen atoms in total. The van der Waals surface area contributed by atoms with Crippen molar-refractivity contribution in [2.75, 3.05) is 20.6 Å². The third-order valence-electron chi connectivity index (χ3n) is 5.65. The van der Waals surface area contributed by atoms with E-state index in [1.54, 1.807) is 20.2 Å². The van der Waals surface area contributed by atoms with Crippen LogP contribution in [0.1, 0.15) is 27.0 Å². The summed E-state index contributed by atoms with van der Waals surface area (Å²) in [6, 6.07) is 26.6. The minimum absolute atomic E-state index is 0.144. The molecule has 0 saturated carbocycles. The first-order valence-electron chi connectivity index (χ1n) is 11.0. The van der Waals surface area contributed by atoms with E-state index >= 15 is 0 Å². The predicted molar refractivity (Wildman–Crippen MR) is 132 cm³/mol. The van der Waals surface area contributed by atoms with E-state index in [9.17, 15) is 9.59 Å². The molecule has 33 heavy (non-hydrogen) atoms. The van der Waals surface area contributed by atoms with Crippen LogP contribution in [-0.2, 0) is 11.2 Å². The monoisotopic (exact) mass is 437 g/mol. The number of nitrogens with zero attached hydrogens (tertiary/aromatic N) is 2. The summed E-state index contributed by atoms with van der Waals surface area (Å²) >= 11 is 0. The van der Waals surface area contributed by atoms with Crippen molar-refractivity contribution in [3.05, 3.63) is 113 Å². The summed E-state index contributed by atoms with van der Waals surface area (Å²) in [6.07, 6.45) is 2.46. The molecule has 0 radical (unpaired) electrons. The van der Waals surface area contributed by atoms with Crippen LogP contribution in [0.2, 0.25) is 0 Å². The molecule has 1 N–H and O–H groups in total. The molecule has 0 aliphatic carbocycles. The lowest BCUT2D eigenvalue weighted by atomic mass is 9.99. The van der Waals surface area contributed by atoms with E-state index in [2.05, 4.69) is 22.4 Å². The van der Waals surface area contributed by atoms with E-state index in [-0.39, 0.29) is 11.8 Å². The second-order valence-corrected chi connectivity index (χ2v) is 8.23. The van der Waals surface area contributed by atoms with Gasteiger partial charge < -0.3 is 10.2 Å². The minimum Gasteiger partial charge on any atom is -0.347 e. The largest absolute Gasteiger partial charge is 0.347 e. The third-order valence-corrected chi connectivity index (χ3v) is 5.65. The van der Waals surface area contributed by atoms with E-state index in [0.717, 1.165) is 28.0 Å². The molecule has 1 aliphatic rings. The smallest absolute Gasteiger partial charge is 0.252 e. The van der Waals surface area contributed by atoms with Crippen molar-refractivity contribution < 1.29 is 9.59 Å². The molecule has 5 heteroatoms. The number of allylic oxidation sites excluding steroid dienone is 1. The van der Waals surface area contributed by atoms with Crippen molar-refractivity contribution in [3.8, 4) is 0 Å². The van der Waals surface area contributed by atoms with Crippen molar-refractivity contribution in [2.45, 2.75) is 12.5 Å². The van der Waals surface area contributed by atoms with Gasteiger partial charge in [-0.15, -0.1) is 0 Å². The fourth-order valence-electron chi connectivity index (χ4n) is 3.92. The highest BCUT2D eigenvalue weighted by molar-refractivity contribution is 6.19. The average molecular weight is 438 g/mol. The van der Waals surface area contributed by atoms with Crippen molar-refractivity contribution >= 4 is 23.1 Å². The third kappa shape index (κ3) is 5.26. The molecule has 0 unspecified atom stereocenters. The van der Waals surface area contributed by atoms with E-state index < -0.39 is 6.04 Å². The average Bonchev–Trinajstić information content (AvgIpc) is 3.34. The lowest BCUT2D eigenvalue weighted by Gasteiger charge is -2.22. The molecule has 3 aromatic carbocycles. The molecule has 0 bridgehead atoms. The number of rotatable bonds is 7. The summed E-state index contributed by atoms with van der Waals surface area (Å²) in [7, 11) is 3.40. The molecule has 1 heterocycles. The summed E-state index contributed by atoms with van der Waals surface area (Å²) < 4.78 is 0. The van der Waals surface area contributed by atoms with Crippen molar-refractivity contribution in [2.24, 2.45) is 4.99 Å². The molecule has 0 spiro atoms. The molecule has 1 aliphatic heterocycles. The van der Waals surface area contributed by atoms with Gasteiger partial charge in [-0.25, -0.2) is 0 Å². The van der Waals surface area contributed by atoms with E-state index in [0.29, 0.717) is 18.5 Å². The molecular formula is C28H27N3O2. The van der Waals surface area contributed by atoms with Gasteiger partial charge >= 0.3 is 0 Å². The van der Waals surface area contributed by atoms with Crippen LogP contribution in [0.5, 0.6) is 0 Å². The Morgan fingerprint density at radius 1 is 0.909 bits per heavy atom. The van der Waals surface area contributed by atoms with Gasteiger partial charge in [0.05, 0.1) is 12.3 Å². The topological polar surface area (TPSA) is 61.8 Å². The van der Waals surface area contributed by atoms with Gasteiger partial charge in [0.2, 0.25) is 5.91 Å². The highest BCUT2D eigenvalue weighted by Crippen LogP contribution is 2.23. The number of carbonyl (C=O) groups is 2. The second-order valence-electron chi connectivity index (χ2n) is 8.23. The molecule has 1 atom stereocenters. The second kappa shape index (κ2) is 10.1. The zero-order valence-electron chi connectivity index (χ0n) is 18.9. The summed E-state index contributed by atoms with van der Waals surface area (Å²) in [4.78, 5) is 32.4. The van der Waals surface area contributed by atoms with Gasteiger partial charge in [-0.3, -0.25) is 14.6 Å². The molecule has 2 amide bonds. The number of carbonyl (C=O) groups excluding carboxylic acids is 2. The Kier molecular flexibility index (Phi) is 6.79. The summed E-state index contributed by atoms with van der Waals surface area (Å²) in [5.41, 5.74) is 5.27. The molecule has 0 saturated heterocycles. The van der Waals surface area contributed by atoms with Crippen LogP contribution in [-0.4, -0.2) is 49.1 Å². The molecular weight excluding hydrogens is 410 g/mol. The van der Waals surface area contributed by atoms with Gasteiger partial charge in [0.15, 0.2) is 0 Å². The first-order chi connectivity index (χ1) is 16.0. The number of hydrogen-bond donors (Lipinski definition) is 1. The number of likely N-dealkylation sites (N-methyl/N-ethyl adjacent to an activating group) is 1. The number of amides is 2. The lowest BCUT2D eigenvalue weighted by Crippen LogP contribution is -2.47. The maximum absolute atomic E-state index is 13.3. The first-order valence-corrected chi connectivity index (χ1v) is 11.0. The fraction of sp³-hybridized carbons (Fsp3) is 0.179. The highest BCUT2D eigenvalue weighted by Gasteiger charge is 2.25. The Morgan fingerprint density at radius 3 is 2.24 bits per heavy atom. The number of hydrogen-bond acceptors (Lipinski definition) is 3. The zero-order chi connectivity index (χ0) is 23.2. The summed E-state index contributed by atoms with van der Waals surface area (Å²) in [6.45, 7) is 0.574. The number of aliphatic imine (C=N–C) groups is 1. The van der Waals surface area contributed by atoms with Crippen molar-refractivity contribution in [1.82, 2.24) is 10.2 Å². The molecule has 0 aromatic heterocycles. The predicted octanol–water partition coefficient (Wildman–Crippen LogP) is 4.00. The van der Waals surface area contributed by atoms with Crippen LogP contribution >= 0.6 is 0 Å². The maximum Gasteiger partial charge on any atom is 0.252 e. The van der Waals surface area contributed by atoms with E-state index in [1.807, 2.05) is 72.8 Å². The molecule has 0 fully saturated rings. The zero-order valence-corrected chi connectivity index (χ0v) is 18.9. The SMILES string of the molecule is CN(C)C(=O)[C@H](Cc1ccccc1)NC(=O)c1ccccc1C1=NCC(c2ccccc2)=C1. The van der Waals surface area contributed by atoms with Crippen molar-refractivity contribution in [3.63, 3.8) is 0 Å². The van der Waals surface area contributed by atoms with Gasteiger partial charge in [-0.05, 0) is 28.8 Å². The number of nitrogens with one attached hydrogen (secondary N) is 1. The molecule has 4 rings (SSSR count). The Labute approximate surface area is 194 Å². The quantitative estimate of drug-likeness (QED) is 0.607. The Bertz CT molecular complexity index is 1200. The standard InChI is InChI=1S/C28H27N3O2/c1-31(2)28(33)26(17-20-11-5-3-6-12-20)30-27(32)24-16-10-9-15-23(24)25-18-22(19-29-25)21-13-7-4-8-14-21/h3-16,18,26H,17,19H2,1-2H3,(H,30,32)/t26-/m0/s1. The normalized spacial score (nSPS) is 13.6. The van der Waals surface area contributed by atoms with Crippen LogP contribution < -0.4 is 5.32 Å². The van der Waals surface area contributed by atoms with Crippen LogP contribution in [0.15, 0.2) is 96.0 Å². The Balaban J connectivity index is 1.58.